The third-order valence-electron chi connectivity index (χ3n) is 4.47. The standard InChI is InChI=1S/C20H21FN2O3/c1-22(12-13-8-9-18(25-3)19(10-13)26-4)20(24)17-11-14-15(21)6-5-7-16(14)23(17)2/h5-11H,12H2,1-4H3. The van der Waals surface area contributed by atoms with Crippen LogP contribution in [0.3, 0.4) is 0 Å². The summed E-state index contributed by atoms with van der Waals surface area (Å²) in [6.07, 6.45) is 0. The van der Waals surface area contributed by atoms with Crippen molar-refractivity contribution in [2.45, 2.75) is 6.54 Å². The van der Waals surface area contributed by atoms with Crippen LogP contribution < -0.4 is 9.47 Å². The first-order valence-electron chi connectivity index (χ1n) is 8.16. The van der Waals surface area contributed by atoms with Crippen LogP contribution in [-0.2, 0) is 13.6 Å². The van der Waals surface area contributed by atoms with Crippen LogP contribution in [0.5, 0.6) is 11.5 Å². The number of methoxy groups -OCH3 is 2. The van der Waals surface area contributed by atoms with Crippen molar-refractivity contribution in [3.63, 3.8) is 0 Å². The third kappa shape index (κ3) is 3.10. The number of fused-ring (bicyclic) bond motifs is 1. The van der Waals surface area contributed by atoms with Gasteiger partial charge >= 0.3 is 0 Å². The Labute approximate surface area is 151 Å². The van der Waals surface area contributed by atoms with Gasteiger partial charge in [-0.1, -0.05) is 12.1 Å². The van der Waals surface area contributed by atoms with Crippen LogP contribution in [0.15, 0.2) is 42.5 Å². The largest absolute Gasteiger partial charge is 0.493 e. The van der Waals surface area contributed by atoms with Crippen LogP contribution >= 0.6 is 0 Å². The van der Waals surface area contributed by atoms with Gasteiger partial charge in [0.1, 0.15) is 11.5 Å². The summed E-state index contributed by atoms with van der Waals surface area (Å²) in [5, 5.41) is 0.442. The molecule has 0 N–H and O–H groups in total. The molecule has 0 radical (unpaired) electrons. The number of halogens is 1. The minimum absolute atomic E-state index is 0.183. The fourth-order valence-corrected chi connectivity index (χ4v) is 3.05. The Hall–Kier alpha value is -3.02. The summed E-state index contributed by atoms with van der Waals surface area (Å²) in [6, 6.07) is 11.9. The molecular weight excluding hydrogens is 335 g/mol. The van der Waals surface area contributed by atoms with Crippen molar-refractivity contribution in [2.24, 2.45) is 7.05 Å². The van der Waals surface area contributed by atoms with E-state index in [1.165, 1.54) is 6.07 Å². The number of amides is 1. The van der Waals surface area contributed by atoms with E-state index in [-0.39, 0.29) is 11.7 Å². The second-order valence-corrected chi connectivity index (χ2v) is 6.11. The summed E-state index contributed by atoms with van der Waals surface area (Å²) < 4.78 is 26.2. The van der Waals surface area contributed by atoms with Gasteiger partial charge in [0.25, 0.3) is 5.91 Å². The normalized spacial score (nSPS) is 10.8. The van der Waals surface area contributed by atoms with Gasteiger partial charge in [-0.2, -0.15) is 0 Å². The molecule has 26 heavy (non-hydrogen) atoms. The van der Waals surface area contributed by atoms with Gasteiger partial charge in [0.15, 0.2) is 11.5 Å². The van der Waals surface area contributed by atoms with Crippen LogP contribution in [0.4, 0.5) is 4.39 Å². The number of nitrogens with zero attached hydrogens (tertiary/aromatic N) is 2. The van der Waals surface area contributed by atoms with Gasteiger partial charge in [-0.05, 0) is 35.9 Å². The van der Waals surface area contributed by atoms with Gasteiger partial charge in [0.05, 0.1) is 19.7 Å². The van der Waals surface area contributed by atoms with Gasteiger partial charge in [-0.25, -0.2) is 4.39 Å². The zero-order valence-corrected chi connectivity index (χ0v) is 15.2. The summed E-state index contributed by atoms with van der Waals surface area (Å²) in [5.74, 6) is 0.726. The van der Waals surface area contributed by atoms with Gasteiger partial charge in [0.2, 0.25) is 0 Å². The summed E-state index contributed by atoms with van der Waals surface area (Å²) >= 11 is 0. The number of rotatable bonds is 5. The van der Waals surface area contributed by atoms with Crippen LogP contribution in [0.1, 0.15) is 16.1 Å². The summed E-state index contributed by atoms with van der Waals surface area (Å²) in [6.45, 7) is 0.392. The topological polar surface area (TPSA) is 43.7 Å². The van der Waals surface area contributed by atoms with Crippen molar-refractivity contribution in [3.8, 4) is 11.5 Å². The maximum absolute atomic E-state index is 14.0. The lowest BCUT2D eigenvalue weighted by atomic mass is 10.2. The Morgan fingerprint density at radius 1 is 1.12 bits per heavy atom. The molecule has 0 bridgehead atoms. The molecule has 2 aromatic carbocycles. The molecule has 6 heteroatoms. The fraction of sp³-hybridized carbons (Fsp3) is 0.250. The molecule has 5 nitrogen and oxygen atoms in total. The number of aryl methyl sites for hydroxylation is 1. The maximum atomic E-state index is 14.0. The predicted octanol–water partition coefficient (Wildman–Crippen LogP) is 3.61. The van der Waals surface area contributed by atoms with E-state index in [0.29, 0.717) is 34.6 Å². The highest BCUT2D eigenvalue weighted by molar-refractivity contribution is 5.98. The highest BCUT2D eigenvalue weighted by Crippen LogP contribution is 2.28. The van der Waals surface area contributed by atoms with Crippen LogP contribution in [0, 0.1) is 5.82 Å². The molecule has 0 aliphatic rings. The van der Waals surface area contributed by atoms with Crippen molar-refractivity contribution in [2.75, 3.05) is 21.3 Å². The zero-order chi connectivity index (χ0) is 18.8. The summed E-state index contributed by atoms with van der Waals surface area (Å²) in [5.41, 5.74) is 2.03. The average Bonchev–Trinajstić information content (AvgIpc) is 2.99. The van der Waals surface area contributed by atoms with Crippen molar-refractivity contribution < 1.29 is 18.7 Å². The monoisotopic (exact) mass is 356 g/mol. The quantitative estimate of drug-likeness (QED) is 0.701. The molecule has 0 fully saturated rings. The Balaban J connectivity index is 1.87. The van der Waals surface area contributed by atoms with E-state index in [4.69, 9.17) is 9.47 Å². The number of benzene rings is 2. The zero-order valence-electron chi connectivity index (χ0n) is 15.2. The van der Waals surface area contributed by atoms with Gasteiger partial charge in [0, 0.05) is 26.0 Å². The lowest BCUT2D eigenvalue weighted by molar-refractivity contribution is 0.0776. The van der Waals surface area contributed by atoms with E-state index in [9.17, 15) is 9.18 Å². The van der Waals surface area contributed by atoms with E-state index in [2.05, 4.69) is 0 Å². The lowest BCUT2D eigenvalue weighted by Gasteiger charge is -2.18. The van der Waals surface area contributed by atoms with E-state index in [1.807, 2.05) is 12.1 Å². The molecule has 0 saturated heterocycles. The molecule has 3 rings (SSSR count). The molecule has 0 spiro atoms. The molecule has 0 aliphatic heterocycles. The predicted molar refractivity (Wildman–Crippen MR) is 98.2 cm³/mol. The van der Waals surface area contributed by atoms with E-state index in [1.54, 1.807) is 62.0 Å². The third-order valence-corrected chi connectivity index (χ3v) is 4.47. The molecule has 0 saturated carbocycles. The highest BCUT2D eigenvalue weighted by atomic mass is 19.1. The molecule has 1 heterocycles. The summed E-state index contributed by atoms with van der Waals surface area (Å²) in [7, 11) is 6.62. The molecule has 0 aliphatic carbocycles. The Bertz CT molecular complexity index is 965. The first-order valence-corrected chi connectivity index (χ1v) is 8.16. The van der Waals surface area contributed by atoms with Crippen LogP contribution in [0.2, 0.25) is 0 Å². The van der Waals surface area contributed by atoms with E-state index in [0.717, 1.165) is 5.56 Å². The molecule has 1 amide bonds. The van der Waals surface area contributed by atoms with E-state index < -0.39 is 0 Å². The number of hydrogen-bond donors (Lipinski definition) is 0. The minimum Gasteiger partial charge on any atom is -0.493 e. The first kappa shape index (κ1) is 17.8. The molecule has 136 valence electrons. The highest BCUT2D eigenvalue weighted by Gasteiger charge is 2.19. The molecule has 0 atom stereocenters. The van der Waals surface area contributed by atoms with Crippen LogP contribution in [0.25, 0.3) is 10.9 Å². The average molecular weight is 356 g/mol. The summed E-state index contributed by atoms with van der Waals surface area (Å²) in [4.78, 5) is 14.4. The fourth-order valence-electron chi connectivity index (χ4n) is 3.05. The van der Waals surface area contributed by atoms with Crippen molar-refractivity contribution in [3.05, 3.63) is 59.5 Å². The second kappa shape index (κ2) is 7.07. The number of carbonyl (C=O) groups excluding carboxylic acids is 1. The molecule has 0 unspecified atom stereocenters. The van der Waals surface area contributed by atoms with Crippen molar-refractivity contribution in [1.29, 1.82) is 0 Å². The van der Waals surface area contributed by atoms with Crippen molar-refractivity contribution in [1.82, 2.24) is 9.47 Å². The Kier molecular flexibility index (Phi) is 4.84. The molecular formula is C20H21FN2O3. The molecule has 3 aromatic rings. The van der Waals surface area contributed by atoms with E-state index >= 15 is 0 Å². The second-order valence-electron chi connectivity index (χ2n) is 6.11. The van der Waals surface area contributed by atoms with Gasteiger partial charge in [-0.3, -0.25) is 4.79 Å². The van der Waals surface area contributed by atoms with Gasteiger partial charge in [-0.15, -0.1) is 0 Å². The number of aromatic nitrogens is 1. The first-order chi connectivity index (χ1) is 12.5. The van der Waals surface area contributed by atoms with Crippen LogP contribution in [-0.4, -0.2) is 36.6 Å². The SMILES string of the molecule is COc1ccc(CN(C)C(=O)c2cc3c(F)cccc3n2C)cc1OC. The van der Waals surface area contributed by atoms with Gasteiger partial charge < -0.3 is 18.9 Å². The molecule has 1 aromatic heterocycles. The smallest absolute Gasteiger partial charge is 0.270 e. The number of ether oxygens (including phenoxy) is 2. The number of carbonyl (C=O) groups is 1. The number of hydrogen-bond acceptors (Lipinski definition) is 3. The maximum Gasteiger partial charge on any atom is 0.270 e. The lowest BCUT2D eigenvalue weighted by Crippen LogP contribution is -2.27. The Morgan fingerprint density at radius 3 is 2.50 bits per heavy atom. The van der Waals surface area contributed by atoms with Crippen molar-refractivity contribution >= 4 is 16.8 Å². The minimum atomic E-state index is -0.334. The Morgan fingerprint density at radius 2 is 1.85 bits per heavy atom.